The molecule has 0 saturated carbocycles. The van der Waals surface area contributed by atoms with Gasteiger partial charge in [-0.2, -0.15) is 0 Å². The van der Waals surface area contributed by atoms with Crippen molar-refractivity contribution in [1.29, 1.82) is 0 Å². The number of nitrogen functional groups attached to an aromatic ring is 1. The van der Waals surface area contributed by atoms with E-state index in [0.717, 1.165) is 24.3 Å². The third kappa shape index (κ3) is 4.23. The van der Waals surface area contributed by atoms with Crippen LogP contribution in [0.4, 0.5) is 5.69 Å². The molecule has 0 spiro atoms. The second-order valence-electron chi connectivity index (χ2n) is 5.92. The summed E-state index contributed by atoms with van der Waals surface area (Å²) in [4.78, 5) is 2.34. The maximum absolute atomic E-state index is 5.91. The fraction of sp³-hybridized carbons (Fsp3) is 0.571. The Hall–Kier alpha value is -1.02. The Bertz CT molecular complexity index is 350. The van der Waals surface area contributed by atoms with Gasteiger partial charge >= 0.3 is 0 Å². The van der Waals surface area contributed by atoms with Crippen LogP contribution in [0.1, 0.15) is 31.9 Å². The Kier molecular flexibility index (Phi) is 3.98. The van der Waals surface area contributed by atoms with Crippen LogP contribution in [0.2, 0.25) is 0 Å². The van der Waals surface area contributed by atoms with E-state index >= 15 is 0 Å². The minimum atomic E-state index is 0.338. The summed E-state index contributed by atoms with van der Waals surface area (Å²) >= 11 is 0. The molecule has 0 aliphatic carbocycles. The van der Waals surface area contributed by atoms with Gasteiger partial charge in [0.25, 0.3) is 0 Å². The van der Waals surface area contributed by atoms with Crippen molar-refractivity contribution in [2.24, 2.45) is 5.41 Å². The normalized spacial score (nSPS) is 12.1. The molecule has 0 aliphatic rings. The van der Waals surface area contributed by atoms with Crippen molar-refractivity contribution in [1.82, 2.24) is 4.90 Å². The molecule has 0 atom stereocenters. The monoisotopic (exact) mass is 220 g/mol. The van der Waals surface area contributed by atoms with Crippen molar-refractivity contribution in [3.8, 4) is 0 Å². The second-order valence-corrected chi connectivity index (χ2v) is 5.92. The molecule has 2 heteroatoms. The quantitative estimate of drug-likeness (QED) is 0.793. The molecule has 0 fully saturated rings. The third-order valence-electron chi connectivity index (χ3n) is 2.54. The lowest BCUT2D eigenvalue weighted by Gasteiger charge is -2.26. The van der Waals surface area contributed by atoms with Crippen LogP contribution in [0.15, 0.2) is 18.2 Å². The molecule has 90 valence electrons. The standard InChI is InChI=1S/C14H24N2/c1-11-6-7-12(8-13(11)15)9-16(5)10-14(2,3)4/h6-8H,9-10,15H2,1-5H3. The lowest BCUT2D eigenvalue weighted by molar-refractivity contribution is 0.221. The summed E-state index contributed by atoms with van der Waals surface area (Å²) in [6.07, 6.45) is 0. The van der Waals surface area contributed by atoms with Gasteiger partial charge in [-0.25, -0.2) is 0 Å². The fourth-order valence-corrected chi connectivity index (χ4v) is 1.97. The summed E-state index contributed by atoms with van der Waals surface area (Å²) in [6.45, 7) is 10.9. The highest BCUT2D eigenvalue weighted by Crippen LogP contribution is 2.18. The van der Waals surface area contributed by atoms with Gasteiger partial charge in [0, 0.05) is 18.8 Å². The Morgan fingerprint density at radius 1 is 1.25 bits per heavy atom. The first-order chi connectivity index (χ1) is 7.28. The molecule has 0 unspecified atom stereocenters. The smallest absolute Gasteiger partial charge is 0.0346 e. The molecule has 16 heavy (non-hydrogen) atoms. The van der Waals surface area contributed by atoms with E-state index in [4.69, 9.17) is 5.73 Å². The molecule has 2 nitrogen and oxygen atoms in total. The molecule has 0 bridgehead atoms. The maximum atomic E-state index is 5.91. The summed E-state index contributed by atoms with van der Waals surface area (Å²) in [5.41, 5.74) is 9.58. The first kappa shape index (κ1) is 13.0. The molecule has 0 amide bonds. The molecule has 2 N–H and O–H groups in total. The van der Waals surface area contributed by atoms with E-state index < -0.39 is 0 Å². The number of rotatable bonds is 3. The van der Waals surface area contributed by atoms with E-state index in [1.165, 1.54) is 5.56 Å². The molecule has 1 aromatic rings. The van der Waals surface area contributed by atoms with Gasteiger partial charge in [-0.15, -0.1) is 0 Å². The molecular weight excluding hydrogens is 196 g/mol. The van der Waals surface area contributed by atoms with Crippen molar-refractivity contribution in [2.75, 3.05) is 19.3 Å². The minimum absolute atomic E-state index is 0.338. The molecule has 1 rings (SSSR count). The molecule has 0 saturated heterocycles. The zero-order chi connectivity index (χ0) is 12.3. The van der Waals surface area contributed by atoms with Crippen molar-refractivity contribution >= 4 is 5.69 Å². The zero-order valence-electron chi connectivity index (χ0n) is 11.2. The molecular formula is C14H24N2. The van der Waals surface area contributed by atoms with Crippen molar-refractivity contribution < 1.29 is 0 Å². The van der Waals surface area contributed by atoms with Gasteiger partial charge in [-0.1, -0.05) is 32.9 Å². The van der Waals surface area contributed by atoms with E-state index in [1.54, 1.807) is 0 Å². The van der Waals surface area contributed by atoms with Crippen LogP contribution in [0, 0.1) is 12.3 Å². The Balaban J connectivity index is 2.63. The first-order valence-corrected chi connectivity index (χ1v) is 5.81. The van der Waals surface area contributed by atoms with Crippen molar-refractivity contribution in [2.45, 2.75) is 34.2 Å². The van der Waals surface area contributed by atoms with Gasteiger partial charge in [-0.3, -0.25) is 0 Å². The van der Waals surface area contributed by atoms with Crippen LogP contribution in [-0.2, 0) is 6.54 Å². The summed E-state index contributed by atoms with van der Waals surface area (Å²) in [7, 11) is 2.15. The molecule has 0 heterocycles. The molecule has 0 aromatic heterocycles. The van der Waals surface area contributed by atoms with Gasteiger partial charge in [0.2, 0.25) is 0 Å². The number of nitrogens with two attached hydrogens (primary N) is 1. The average molecular weight is 220 g/mol. The largest absolute Gasteiger partial charge is 0.399 e. The molecule has 0 aliphatic heterocycles. The van der Waals surface area contributed by atoms with Gasteiger partial charge in [0.05, 0.1) is 0 Å². The maximum Gasteiger partial charge on any atom is 0.0346 e. The Morgan fingerprint density at radius 3 is 2.38 bits per heavy atom. The lowest BCUT2D eigenvalue weighted by atomic mass is 9.96. The highest BCUT2D eigenvalue weighted by Gasteiger charge is 2.13. The van der Waals surface area contributed by atoms with E-state index in [9.17, 15) is 0 Å². The van der Waals surface area contributed by atoms with Gasteiger partial charge in [-0.05, 0) is 36.6 Å². The van der Waals surface area contributed by atoms with Crippen molar-refractivity contribution in [3.05, 3.63) is 29.3 Å². The number of aryl methyl sites for hydroxylation is 1. The van der Waals surface area contributed by atoms with E-state index in [2.05, 4.69) is 50.9 Å². The minimum Gasteiger partial charge on any atom is -0.399 e. The predicted molar refractivity (Wildman–Crippen MR) is 71.4 cm³/mol. The topological polar surface area (TPSA) is 29.3 Å². The molecule has 0 radical (unpaired) electrons. The van der Waals surface area contributed by atoms with E-state index in [-0.39, 0.29) is 0 Å². The van der Waals surface area contributed by atoms with Crippen LogP contribution in [0.25, 0.3) is 0 Å². The predicted octanol–water partition coefficient (Wildman–Crippen LogP) is 3.06. The summed E-state index contributed by atoms with van der Waals surface area (Å²) in [6, 6.07) is 6.33. The first-order valence-electron chi connectivity index (χ1n) is 5.81. The number of benzene rings is 1. The van der Waals surface area contributed by atoms with Gasteiger partial charge in [0.1, 0.15) is 0 Å². The number of hydrogen-bond donors (Lipinski definition) is 1. The lowest BCUT2D eigenvalue weighted by Crippen LogP contribution is -2.28. The van der Waals surface area contributed by atoms with Crippen LogP contribution >= 0.6 is 0 Å². The Labute approximate surface area is 99.5 Å². The molecule has 1 aromatic carbocycles. The second kappa shape index (κ2) is 4.88. The summed E-state index contributed by atoms with van der Waals surface area (Å²) < 4.78 is 0. The Morgan fingerprint density at radius 2 is 1.88 bits per heavy atom. The fourth-order valence-electron chi connectivity index (χ4n) is 1.97. The van der Waals surface area contributed by atoms with Crippen LogP contribution in [0.3, 0.4) is 0 Å². The summed E-state index contributed by atoms with van der Waals surface area (Å²) in [5.74, 6) is 0. The van der Waals surface area contributed by atoms with E-state index in [1.807, 2.05) is 6.92 Å². The highest BCUT2D eigenvalue weighted by molar-refractivity contribution is 5.48. The summed E-state index contributed by atoms with van der Waals surface area (Å²) in [5, 5.41) is 0. The van der Waals surface area contributed by atoms with Crippen molar-refractivity contribution in [3.63, 3.8) is 0 Å². The zero-order valence-corrected chi connectivity index (χ0v) is 11.2. The van der Waals surface area contributed by atoms with E-state index in [0.29, 0.717) is 5.41 Å². The van der Waals surface area contributed by atoms with Gasteiger partial charge in [0.15, 0.2) is 0 Å². The average Bonchev–Trinajstić information content (AvgIpc) is 2.08. The number of hydrogen-bond acceptors (Lipinski definition) is 2. The van der Waals surface area contributed by atoms with Gasteiger partial charge < -0.3 is 10.6 Å². The van der Waals surface area contributed by atoms with Crippen LogP contribution in [-0.4, -0.2) is 18.5 Å². The van der Waals surface area contributed by atoms with Crippen LogP contribution in [0.5, 0.6) is 0 Å². The number of anilines is 1. The SMILES string of the molecule is Cc1ccc(CN(C)CC(C)(C)C)cc1N. The number of nitrogens with zero attached hydrogens (tertiary/aromatic N) is 1. The highest BCUT2D eigenvalue weighted by atomic mass is 15.1. The third-order valence-corrected chi connectivity index (χ3v) is 2.54. The van der Waals surface area contributed by atoms with Crippen LogP contribution < -0.4 is 5.73 Å².